The second-order valence-electron chi connectivity index (χ2n) is 6.25. The Hall–Kier alpha value is -1.02. The van der Waals surface area contributed by atoms with Crippen LogP contribution in [0.4, 0.5) is 0 Å². The van der Waals surface area contributed by atoms with E-state index < -0.39 is 0 Å². The Kier molecular flexibility index (Phi) is 9.16. The molecule has 0 saturated carbocycles. The van der Waals surface area contributed by atoms with E-state index in [4.69, 9.17) is 4.74 Å². The van der Waals surface area contributed by atoms with Crippen molar-refractivity contribution in [1.82, 2.24) is 5.32 Å². The zero-order valence-corrected chi connectivity index (χ0v) is 14.3. The first-order valence-electron chi connectivity index (χ1n) is 8.59. The Morgan fingerprint density at radius 2 is 1.62 bits per heavy atom. The predicted molar refractivity (Wildman–Crippen MR) is 92.2 cm³/mol. The van der Waals surface area contributed by atoms with E-state index in [1.165, 1.54) is 31.2 Å². The van der Waals surface area contributed by atoms with Crippen molar-refractivity contribution < 1.29 is 4.74 Å². The Bertz CT molecular complexity index is 358. The molecule has 1 N–H and O–H groups in total. The molecule has 0 aliphatic heterocycles. The first-order valence-corrected chi connectivity index (χ1v) is 8.59. The van der Waals surface area contributed by atoms with Crippen molar-refractivity contribution in [1.29, 1.82) is 0 Å². The molecule has 0 heterocycles. The van der Waals surface area contributed by atoms with Crippen LogP contribution in [-0.2, 0) is 0 Å². The summed E-state index contributed by atoms with van der Waals surface area (Å²) in [7, 11) is 0. The highest BCUT2D eigenvalue weighted by molar-refractivity contribution is 5.29. The maximum absolute atomic E-state index is 5.80. The van der Waals surface area contributed by atoms with E-state index in [0.717, 1.165) is 25.3 Å². The van der Waals surface area contributed by atoms with E-state index in [0.29, 0.717) is 12.0 Å². The zero-order valence-electron chi connectivity index (χ0n) is 14.3. The van der Waals surface area contributed by atoms with Crippen molar-refractivity contribution >= 4 is 0 Å². The Morgan fingerprint density at radius 1 is 0.952 bits per heavy atom. The molecular weight excluding hydrogens is 258 g/mol. The SMILES string of the molecule is CCC(C)c1ccc(OCCCCCCNC(C)C)cc1. The Balaban J connectivity index is 2.07. The van der Waals surface area contributed by atoms with Crippen LogP contribution in [-0.4, -0.2) is 19.2 Å². The fourth-order valence-corrected chi connectivity index (χ4v) is 2.29. The van der Waals surface area contributed by atoms with Gasteiger partial charge in [0.2, 0.25) is 0 Å². The van der Waals surface area contributed by atoms with Crippen LogP contribution < -0.4 is 10.1 Å². The van der Waals surface area contributed by atoms with Gasteiger partial charge in [0.15, 0.2) is 0 Å². The highest BCUT2D eigenvalue weighted by Gasteiger charge is 2.02. The van der Waals surface area contributed by atoms with Crippen LogP contribution in [0.3, 0.4) is 0 Å². The molecule has 1 aromatic rings. The molecule has 1 unspecified atom stereocenters. The number of hydrogen-bond acceptors (Lipinski definition) is 2. The second-order valence-corrected chi connectivity index (χ2v) is 6.25. The van der Waals surface area contributed by atoms with E-state index in [1.54, 1.807) is 0 Å². The van der Waals surface area contributed by atoms with Crippen LogP contribution in [0.15, 0.2) is 24.3 Å². The van der Waals surface area contributed by atoms with Gasteiger partial charge in [-0.2, -0.15) is 0 Å². The molecule has 2 heteroatoms. The minimum absolute atomic E-state index is 0.603. The van der Waals surface area contributed by atoms with Gasteiger partial charge in [0.25, 0.3) is 0 Å². The number of unbranched alkanes of at least 4 members (excludes halogenated alkanes) is 3. The third kappa shape index (κ3) is 8.11. The molecule has 0 aliphatic carbocycles. The van der Waals surface area contributed by atoms with Gasteiger partial charge in [-0.3, -0.25) is 0 Å². The number of nitrogens with one attached hydrogen (secondary N) is 1. The van der Waals surface area contributed by atoms with E-state index in [1.807, 2.05) is 0 Å². The molecule has 2 nitrogen and oxygen atoms in total. The average Bonchev–Trinajstić information content (AvgIpc) is 2.49. The van der Waals surface area contributed by atoms with Crippen LogP contribution in [0, 0.1) is 0 Å². The largest absolute Gasteiger partial charge is 0.494 e. The van der Waals surface area contributed by atoms with E-state index in [2.05, 4.69) is 57.3 Å². The van der Waals surface area contributed by atoms with Crippen LogP contribution in [0.1, 0.15) is 71.3 Å². The summed E-state index contributed by atoms with van der Waals surface area (Å²) in [6, 6.07) is 9.20. The lowest BCUT2D eigenvalue weighted by molar-refractivity contribution is 0.304. The van der Waals surface area contributed by atoms with Crippen molar-refractivity contribution in [2.24, 2.45) is 0 Å². The lowest BCUT2D eigenvalue weighted by Crippen LogP contribution is -2.23. The van der Waals surface area contributed by atoms with Gasteiger partial charge in [-0.15, -0.1) is 0 Å². The molecule has 1 atom stereocenters. The summed E-state index contributed by atoms with van der Waals surface area (Å²) >= 11 is 0. The Labute approximate surface area is 131 Å². The van der Waals surface area contributed by atoms with Gasteiger partial charge < -0.3 is 10.1 Å². The highest BCUT2D eigenvalue weighted by atomic mass is 16.5. The van der Waals surface area contributed by atoms with Crippen LogP contribution in [0.2, 0.25) is 0 Å². The molecule has 21 heavy (non-hydrogen) atoms. The van der Waals surface area contributed by atoms with Crippen molar-refractivity contribution in [3.63, 3.8) is 0 Å². The first-order chi connectivity index (χ1) is 10.1. The van der Waals surface area contributed by atoms with Crippen LogP contribution in [0.5, 0.6) is 5.75 Å². The van der Waals surface area contributed by atoms with Crippen molar-refractivity contribution in [3.8, 4) is 5.75 Å². The predicted octanol–water partition coefficient (Wildman–Crippen LogP) is 5.14. The fraction of sp³-hybridized carbons (Fsp3) is 0.684. The maximum Gasteiger partial charge on any atom is 0.119 e. The van der Waals surface area contributed by atoms with Gasteiger partial charge >= 0.3 is 0 Å². The molecule has 1 aromatic carbocycles. The number of benzene rings is 1. The maximum atomic E-state index is 5.80. The minimum atomic E-state index is 0.603. The summed E-state index contributed by atoms with van der Waals surface area (Å²) in [4.78, 5) is 0. The molecule has 0 spiro atoms. The molecular formula is C19H33NO. The standard InChI is InChI=1S/C19H33NO/c1-5-17(4)18-10-12-19(13-11-18)21-15-9-7-6-8-14-20-16(2)3/h10-13,16-17,20H,5-9,14-15H2,1-4H3. The summed E-state index contributed by atoms with van der Waals surface area (Å²) in [6.45, 7) is 10.9. The number of rotatable bonds is 11. The lowest BCUT2D eigenvalue weighted by atomic mass is 9.99. The van der Waals surface area contributed by atoms with Crippen molar-refractivity contribution in [2.45, 2.75) is 71.8 Å². The quantitative estimate of drug-likeness (QED) is 0.570. The van der Waals surface area contributed by atoms with E-state index in [9.17, 15) is 0 Å². The summed E-state index contributed by atoms with van der Waals surface area (Å²) < 4.78 is 5.80. The zero-order chi connectivity index (χ0) is 15.5. The van der Waals surface area contributed by atoms with Gasteiger partial charge in [-0.05, 0) is 49.4 Å². The summed E-state index contributed by atoms with van der Waals surface area (Å²) in [5.74, 6) is 1.64. The lowest BCUT2D eigenvalue weighted by Gasteiger charge is -2.11. The van der Waals surface area contributed by atoms with E-state index in [-0.39, 0.29) is 0 Å². The average molecular weight is 291 g/mol. The van der Waals surface area contributed by atoms with E-state index >= 15 is 0 Å². The molecule has 0 amide bonds. The van der Waals surface area contributed by atoms with Crippen LogP contribution >= 0.6 is 0 Å². The molecule has 0 saturated heterocycles. The first kappa shape index (κ1) is 18.0. The van der Waals surface area contributed by atoms with Crippen molar-refractivity contribution in [2.75, 3.05) is 13.2 Å². The summed E-state index contributed by atoms with van der Waals surface area (Å²) in [5.41, 5.74) is 1.41. The molecule has 1 rings (SSSR count). The number of ether oxygens (including phenoxy) is 1. The highest BCUT2D eigenvalue weighted by Crippen LogP contribution is 2.21. The smallest absolute Gasteiger partial charge is 0.119 e. The number of hydrogen-bond donors (Lipinski definition) is 1. The van der Waals surface area contributed by atoms with Gasteiger partial charge in [-0.25, -0.2) is 0 Å². The van der Waals surface area contributed by atoms with Crippen LogP contribution in [0.25, 0.3) is 0 Å². The van der Waals surface area contributed by atoms with Gasteiger partial charge in [0, 0.05) is 6.04 Å². The molecule has 0 aliphatic rings. The topological polar surface area (TPSA) is 21.3 Å². The second kappa shape index (κ2) is 10.7. The van der Waals surface area contributed by atoms with Crippen molar-refractivity contribution in [3.05, 3.63) is 29.8 Å². The summed E-state index contributed by atoms with van der Waals surface area (Å²) in [6.07, 6.45) is 6.14. The third-order valence-corrected chi connectivity index (χ3v) is 3.95. The molecule has 0 radical (unpaired) electrons. The minimum Gasteiger partial charge on any atom is -0.494 e. The Morgan fingerprint density at radius 3 is 2.24 bits per heavy atom. The fourth-order valence-electron chi connectivity index (χ4n) is 2.29. The van der Waals surface area contributed by atoms with Gasteiger partial charge in [0.05, 0.1) is 6.61 Å². The monoisotopic (exact) mass is 291 g/mol. The molecule has 0 fully saturated rings. The molecule has 0 bridgehead atoms. The summed E-state index contributed by atoms with van der Waals surface area (Å²) in [5, 5.41) is 3.45. The van der Waals surface area contributed by atoms with Gasteiger partial charge in [-0.1, -0.05) is 52.7 Å². The molecule has 0 aromatic heterocycles. The van der Waals surface area contributed by atoms with Gasteiger partial charge in [0.1, 0.15) is 5.75 Å². The third-order valence-electron chi connectivity index (χ3n) is 3.95. The molecule has 120 valence electrons. The normalized spacial score (nSPS) is 12.6.